The zero-order chi connectivity index (χ0) is 24.0. The maximum absolute atomic E-state index is 13.1. The number of halogens is 1. The van der Waals surface area contributed by atoms with E-state index in [0.717, 1.165) is 14.6 Å². The van der Waals surface area contributed by atoms with Crippen LogP contribution in [-0.4, -0.2) is 35.0 Å². The van der Waals surface area contributed by atoms with Gasteiger partial charge in [0.1, 0.15) is 10.3 Å². The van der Waals surface area contributed by atoms with Gasteiger partial charge in [-0.05, 0) is 52.3 Å². The molecule has 172 valence electrons. The van der Waals surface area contributed by atoms with E-state index in [4.69, 9.17) is 4.74 Å². The number of fused-ring (bicyclic) bond motifs is 1. The van der Waals surface area contributed by atoms with Gasteiger partial charge in [0.05, 0.1) is 6.54 Å². The van der Waals surface area contributed by atoms with Crippen LogP contribution in [0.5, 0.6) is 0 Å². The number of nitrogens with zero attached hydrogens (tertiary/aromatic N) is 4. The van der Waals surface area contributed by atoms with E-state index in [-0.39, 0.29) is 5.65 Å². The van der Waals surface area contributed by atoms with E-state index < -0.39 is 27.6 Å². The summed E-state index contributed by atoms with van der Waals surface area (Å²) < 4.78 is 9.68. The minimum atomic E-state index is -0.978. The predicted octanol–water partition coefficient (Wildman–Crippen LogP) is 3.46. The number of thioether (sulfide) groups is 1. The number of benzene rings is 1. The largest absolute Gasteiger partial charge is 0.459 e. The van der Waals surface area contributed by atoms with E-state index in [9.17, 15) is 14.4 Å². The third kappa shape index (κ3) is 4.85. The van der Waals surface area contributed by atoms with Gasteiger partial charge in [0.25, 0.3) is 5.56 Å². The zero-order valence-corrected chi connectivity index (χ0v) is 21.6. The molecule has 10 heteroatoms. The Kier molecular flexibility index (Phi) is 6.50. The van der Waals surface area contributed by atoms with E-state index in [2.05, 4.69) is 20.9 Å². The fraction of sp³-hybridized carbons (Fsp3) is 0.455. The Balaban J connectivity index is 2.20. The van der Waals surface area contributed by atoms with Crippen molar-refractivity contribution in [2.45, 2.75) is 56.7 Å². The van der Waals surface area contributed by atoms with Crippen molar-refractivity contribution in [2.24, 2.45) is 14.1 Å². The molecule has 1 aromatic carbocycles. The number of ether oxygens (including phenoxy) is 1. The van der Waals surface area contributed by atoms with Gasteiger partial charge in [0.2, 0.25) is 0 Å². The monoisotopic (exact) mass is 522 g/mol. The summed E-state index contributed by atoms with van der Waals surface area (Å²) in [5.41, 5.74) is -0.0187. The van der Waals surface area contributed by atoms with Gasteiger partial charge in [-0.25, -0.2) is 9.78 Å². The van der Waals surface area contributed by atoms with Crippen molar-refractivity contribution in [3.05, 3.63) is 55.1 Å². The highest BCUT2D eigenvalue weighted by molar-refractivity contribution is 9.10. The summed E-state index contributed by atoms with van der Waals surface area (Å²) in [4.78, 5) is 43.0. The van der Waals surface area contributed by atoms with Crippen molar-refractivity contribution in [1.29, 1.82) is 0 Å². The van der Waals surface area contributed by atoms with Crippen LogP contribution in [0.25, 0.3) is 11.2 Å². The first kappa shape index (κ1) is 24.3. The second-order valence-corrected chi connectivity index (χ2v) is 11.6. The molecular weight excluding hydrogens is 496 g/mol. The van der Waals surface area contributed by atoms with E-state index in [1.54, 1.807) is 25.5 Å². The summed E-state index contributed by atoms with van der Waals surface area (Å²) in [6.07, 6.45) is 0. The van der Waals surface area contributed by atoms with E-state index in [0.29, 0.717) is 17.2 Å². The molecule has 3 rings (SSSR count). The maximum Gasteiger partial charge on any atom is 0.332 e. The van der Waals surface area contributed by atoms with Crippen LogP contribution in [0.3, 0.4) is 0 Å². The predicted molar refractivity (Wildman–Crippen MR) is 129 cm³/mol. The molecule has 0 radical (unpaired) electrons. The number of esters is 1. The third-order valence-corrected chi connectivity index (χ3v) is 6.44. The van der Waals surface area contributed by atoms with Crippen LogP contribution in [0.15, 0.2) is 43.5 Å². The van der Waals surface area contributed by atoms with Crippen molar-refractivity contribution < 1.29 is 9.53 Å². The van der Waals surface area contributed by atoms with Gasteiger partial charge in [-0.2, -0.15) is 0 Å². The van der Waals surface area contributed by atoms with E-state index in [1.807, 2.05) is 45.0 Å². The maximum atomic E-state index is 13.1. The molecule has 2 aromatic heterocycles. The summed E-state index contributed by atoms with van der Waals surface area (Å²) in [5.74, 6) is -0.391. The van der Waals surface area contributed by atoms with Crippen LogP contribution in [0.2, 0.25) is 0 Å². The van der Waals surface area contributed by atoms with Crippen molar-refractivity contribution in [2.75, 3.05) is 0 Å². The topological polar surface area (TPSA) is 88.1 Å². The second-order valence-electron chi connectivity index (χ2n) is 9.10. The first-order chi connectivity index (χ1) is 14.7. The fourth-order valence-electron chi connectivity index (χ4n) is 3.14. The van der Waals surface area contributed by atoms with Gasteiger partial charge in [-0.3, -0.25) is 18.7 Å². The molecule has 0 saturated carbocycles. The molecule has 0 aliphatic rings. The number of rotatable bonds is 5. The average molecular weight is 523 g/mol. The molecule has 0 spiro atoms. The average Bonchev–Trinajstić information content (AvgIpc) is 3.01. The highest BCUT2D eigenvalue weighted by Gasteiger charge is 2.36. The lowest BCUT2D eigenvalue weighted by atomic mass is 10.1. The van der Waals surface area contributed by atoms with Crippen LogP contribution >= 0.6 is 27.7 Å². The second kappa shape index (κ2) is 8.55. The number of hydrogen-bond acceptors (Lipinski definition) is 6. The van der Waals surface area contributed by atoms with Gasteiger partial charge in [0, 0.05) is 18.6 Å². The van der Waals surface area contributed by atoms with Crippen LogP contribution in [-0.2, 0) is 30.2 Å². The Labute approximate surface area is 198 Å². The lowest BCUT2D eigenvalue weighted by Gasteiger charge is -2.27. The number of carbonyl (C=O) groups is 1. The molecule has 0 saturated heterocycles. The Bertz CT molecular complexity index is 1310. The molecule has 0 unspecified atom stereocenters. The SMILES string of the molecule is Cn1c(=O)c2c(nc(SC(C)(C)C(=O)OC(C)(C)C)n2Cc2cccc(Br)c2)n(C)c1=O. The van der Waals surface area contributed by atoms with Gasteiger partial charge in [-0.1, -0.05) is 39.8 Å². The molecule has 0 bridgehead atoms. The Hall–Kier alpha value is -2.33. The van der Waals surface area contributed by atoms with Gasteiger partial charge < -0.3 is 9.30 Å². The molecule has 0 aliphatic carbocycles. The molecule has 0 N–H and O–H groups in total. The molecule has 8 nitrogen and oxygen atoms in total. The summed E-state index contributed by atoms with van der Waals surface area (Å²) in [5, 5.41) is 0.453. The first-order valence-electron chi connectivity index (χ1n) is 10.0. The Morgan fingerprint density at radius 2 is 1.78 bits per heavy atom. The standard InChI is InChI=1S/C22H27BrN4O4S/c1-21(2,3)31-18(29)22(4,5)32-19-24-16-15(17(28)26(7)20(30)25(16)6)27(19)12-13-9-8-10-14(23)11-13/h8-11H,12H2,1-7H3. The molecule has 3 aromatic rings. The lowest BCUT2D eigenvalue weighted by molar-refractivity contribution is -0.156. The Morgan fingerprint density at radius 1 is 1.12 bits per heavy atom. The molecule has 2 heterocycles. The van der Waals surface area contributed by atoms with E-state index in [1.165, 1.54) is 23.4 Å². The summed E-state index contributed by atoms with van der Waals surface area (Å²) in [6, 6.07) is 7.71. The highest BCUT2D eigenvalue weighted by Crippen LogP contribution is 2.35. The zero-order valence-electron chi connectivity index (χ0n) is 19.2. The normalized spacial score (nSPS) is 12.4. The summed E-state index contributed by atoms with van der Waals surface area (Å²) >= 11 is 4.68. The lowest BCUT2D eigenvalue weighted by Crippen LogP contribution is -2.37. The van der Waals surface area contributed by atoms with Crippen LogP contribution in [0, 0.1) is 0 Å². The molecule has 0 aliphatic heterocycles. The first-order valence-corrected chi connectivity index (χ1v) is 11.7. The molecule has 0 fully saturated rings. The highest BCUT2D eigenvalue weighted by atomic mass is 79.9. The molecule has 0 amide bonds. The van der Waals surface area contributed by atoms with E-state index >= 15 is 0 Å². The van der Waals surface area contributed by atoms with Crippen LogP contribution in [0.4, 0.5) is 0 Å². The Morgan fingerprint density at radius 3 is 2.38 bits per heavy atom. The van der Waals surface area contributed by atoms with Crippen molar-refractivity contribution in [3.8, 4) is 0 Å². The summed E-state index contributed by atoms with van der Waals surface area (Å²) in [6.45, 7) is 9.29. The molecule has 32 heavy (non-hydrogen) atoms. The number of aryl methyl sites for hydroxylation is 1. The minimum absolute atomic E-state index is 0.274. The van der Waals surface area contributed by atoms with Gasteiger partial charge in [0.15, 0.2) is 16.3 Å². The molecule has 0 atom stereocenters. The van der Waals surface area contributed by atoms with Gasteiger partial charge in [-0.15, -0.1) is 0 Å². The number of imidazole rings is 1. The molecular formula is C22H27BrN4O4S. The van der Waals surface area contributed by atoms with Crippen molar-refractivity contribution >= 4 is 44.8 Å². The van der Waals surface area contributed by atoms with Crippen LogP contribution in [0.1, 0.15) is 40.2 Å². The quantitative estimate of drug-likeness (QED) is 0.376. The number of aromatic nitrogens is 4. The van der Waals surface area contributed by atoms with Crippen molar-refractivity contribution in [1.82, 2.24) is 18.7 Å². The summed E-state index contributed by atoms with van der Waals surface area (Å²) in [7, 11) is 3.02. The smallest absolute Gasteiger partial charge is 0.332 e. The van der Waals surface area contributed by atoms with Gasteiger partial charge >= 0.3 is 11.7 Å². The fourth-order valence-corrected chi connectivity index (χ4v) is 4.57. The van der Waals surface area contributed by atoms with Crippen LogP contribution < -0.4 is 11.2 Å². The van der Waals surface area contributed by atoms with Crippen molar-refractivity contribution in [3.63, 3.8) is 0 Å². The minimum Gasteiger partial charge on any atom is -0.459 e. The number of carbonyl (C=O) groups excluding carboxylic acids is 1. The number of hydrogen-bond donors (Lipinski definition) is 0. The third-order valence-electron chi connectivity index (χ3n) is 4.78.